The highest BCUT2D eigenvalue weighted by Gasteiger charge is 2.19. The van der Waals surface area contributed by atoms with E-state index in [0.717, 1.165) is 0 Å². The van der Waals surface area contributed by atoms with E-state index in [-0.39, 0.29) is 17.3 Å². The summed E-state index contributed by atoms with van der Waals surface area (Å²) < 4.78 is 12.6. The van der Waals surface area contributed by atoms with E-state index in [0.29, 0.717) is 22.2 Å². The monoisotopic (exact) mass is 455 g/mol. The zero-order valence-corrected chi connectivity index (χ0v) is 18.5. The maximum absolute atomic E-state index is 12.6. The second-order valence-corrected chi connectivity index (χ2v) is 10.3. The molecule has 4 N–H and O–H groups in total. The molecule has 0 radical (unpaired) electrons. The van der Waals surface area contributed by atoms with Gasteiger partial charge in [0.2, 0.25) is 5.95 Å². The number of aromatic carboxylic acids is 1. The molecule has 1 amide bonds. The average Bonchev–Trinajstić information content (AvgIpc) is 2.74. The lowest BCUT2D eigenvalue weighted by atomic mass is 10.2. The molecule has 3 rings (SSSR count). The molecule has 1 aromatic heterocycles. The molecule has 1 heterocycles. The van der Waals surface area contributed by atoms with Crippen LogP contribution in [0.1, 0.15) is 20.7 Å². The first-order valence-corrected chi connectivity index (χ1v) is 12.0. The summed E-state index contributed by atoms with van der Waals surface area (Å²) >= 11 is 0. The molecule has 0 saturated carbocycles. The molecule has 0 saturated heterocycles. The highest BCUT2D eigenvalue weighted by molar-refractivity contribution is 7.70. The highest BCUT2D eigenvalue weighted by atomic mass is 31.2. The Morgan fingerprint density at radius 2 is 1.72 bits per heavy atom. The SMILES string of the molecule is CONC(=O)c1ccc(Nc2ncc(C(=O)O)c(Nc3ccccc3P(C)(C)=O)n2)cc1. The van der Waals surface area contributed by atoms with Gasteiger partial charge in [-0.3, -0.25) is 9.63 Å². The van der Waals surface area contributed by atoms with Crippen molar-refractivity contribution in [3.63, 3.8) is 0 Å². The number of carbonyl (C=O) groups excluding carboxylic acids is 1. The molecule has 32 heavy (non-hydrogen) atoms. The van der Waals surface area contributed by atoms with Gasteiger partial charge >= 0.3 is 5.97 Å². The first-order valence-electron chi connectivity index (χ1n) is 9.41. The quantitative estimate of drug-likeness (QED) is 0.297. The summed E-state index contributed by atoms with van der Waals surface area (Å²) in [6.07, 6.45) is 1.18. The van der Waals surface area contributed by atoms with Gasteiger partial charge < -0.3 is 20.3 Å². The molecule has 0 spiro atoms. The van der Waals surface area contributed by atoms with Gasteiger partial charge in [-0.25, -0.2) is 15.3 Å². The van der Waals surface area contributed by atoms with Crippen LogP contribution in [-0.4, -0.2) is 47.4 Å². The molecule has 166 valence electrons. The number of rotatable bonds is 8. The zero-order chi connectivity index (χ0) is 23.3. The van der Waals surface area contributed by atoms with Gasteiger partial charge in [0, 0.05) is 22.8 Å². The Kier molecular flexibility index (Phi) is 6.87. The number of nitrogens with zero attached hydrogens (tertiary/aromatic N) is 2. The summed E-state index contributed by atoms with van der Waals surface area (Å²) in [5.74, 6) is -1.41. The van der Waals surface area contributed by atoms with E-state index >= 15 is 0 Å². The number of amides is 1. The summed E-state index contributed by atoms with van der Waals surface area (Å²) in [4.78, 5) is 36.4. The van der Waals surface area contributed by atoms with E-state index < -0.39 is 19.0 Å². The largest absolute Gasteiger partial charge is 0.477 e. The van der Waals surface area contributed by atoms with E-state index in [2.05, 4.69) is 30.9 Å². The lowest BCUT2D eigenvalue weighted by molar-refractivity contribution is 0.0537. The van der Waals surface area contributed by atoms with Crippen LogP contribution in [0.4, 0.5) is 23.1 Å². The van der Waals surface area contributed by atoms with Gasteiger partial charge in [0.1, 0.15) is 12.7 Å². The molecular formula is C21H22N5O5P. The Morgan fingerprint density at radius 1 is 1.03 bits per heavy atom. The number of aromatic nitrogens is 2. The molecular weight excluding hydrogens is 433 g/mol. The van der Waals surface area contributed by atoms with Crippen LogP contribution in [0.3, 0.4) is 0 Å². The predicted octanol–water partition coefficient (Wildman–Crippen LogP) is 3.20. The molecule has 11 heteroatoms. The minimum absolute atomic E-state index is 0.0481. The average molecular weight is 455 g/mol. The van der Waals surface area contributed by atoms with Crippen LogP contribution in [0.25, 0.3) is 0 Å². The van der Waals surface area contributed by atoms with Gasteiger partial charge in [-0.2, -0.15) is 4.98 Å². The zero-order valence-electron chi connectivity index (χ0n) is 17.6. The maximum Gasteiger partial charge on any atom is 0.341 e. The minimum atomic E-state index is -2.63. The van der Waals surface area contributed by atoms with Crippen LogP contribution in [0.2, 0.25) is 0 Å². The first-order chi connectivity index (χ1) is 15.2. The van der Waals surface area contributed by atoms with Crippen LogP contribution >= 0.6 is 7.14 Å². The fourth-order valence-corrected chi connectivity index (χ4v) is 4.01. The number of benzene rings is 2. The molecule has 2 aromatic carbocycles. The van der Waals surface area contributed by atoms with Crippen molar-refractivity contribution in [1.82, 2.24) is 15.4 Å². The van der Waals surface area contributed by atoms with Crippen LogP contribution in [0, 0.1) is 0 Å². The van der Waals surface area contributed by atoms with Gasteiger partial charge in [0.15, 0.2) is 5.82 Å². The number of hydrogen-bond donors (Lipinski definition) is 4. The second kappa shape index (κ2) is 9.59. The number of nitrogens with one attached hydrogen (secondary N) is 3. The van der Waals surface area contributed by atoms with Crippen molar-refractivity contribution in [3.8, 4) is 0 Å². The van der Waals surface area contributed by atoms with Gasteiger partial charge in [0.05, 0.1) is 12.8 Å². The van der Waals surface area contributed by atoms with E-state index in [1.807, 2.05) is 0 Å². The number of carboxylic acids is 1. The molecule has 0 aliphatic rings. The molecule has 0 unspecified atom stereocenters. The van der Waals surface area contributed by atoms with Crippen molar-refractivity contribution < 1.29 is 24.1 Å². The fourth-order valence-electron chi connectivity index (χ4n) is 2.86. The van der Waals surface area contributed by atoms with Crippen molar-refractivity contribution >= 4 is 47.5 Å². The lowest BCUT2D eigenvalue weighted by Crippen LogP contribution is -2.21. The number of para-hydroxylation sites is 1. The maximum atomic E-state index is 12.6. The van der Waals surface area contributed by atoms with E-state index in [1.54, 1.807) is 61.9 Å². The Labute approximate surface area is 184 Å². The topological polar surface area (TPSA) is 143 Å². The van der Waals surface area contributed by atoms with Crippen molar-refractivity contribution in [2.24, 2.45) is 0 Å². The highest BCUT2D eigenvalue weighted by Crippen LogP contribution is 2.38. The third-order valence-corrected chi connectivity index (χ3v) is 5.90. The van der Waals surface area contributed by atoms with Crippen LogP contribution in [0.5, 0.6) is 0 Å². The number of anilines is 4. The second-order valence-electron chi connectivity index (χ2n) is 7.09. The van der Waals surface area contributed by atoms with Crippen molar-refractivity contribution in [1.29, 1.82) is 0 Å². The summed E-state index contributed by atoms with van der Waals surface area (Å²) in [6.45, 7) is 3.27. The molecule has 10 nitrogen and oxygen atoms in total. The number of hydrogen-bond acceptors (Lipinski definition) is 8. The number of carboxylic acid groups (broad SMARTS) is 1. The van der Waals surface area contributed by atoms with Crippen LogP contribution < -0.4 is 21.4 Å². The molecule has 3 aromatic rings. The van der Waals surface area contributed by atoms with Gasteiger partial charge in [-0.05, 0) is 49.7 Å². The Balaban J connectivity index is 1.90. The number of carbonyl (C=O) groups is 2. The van der Waals surface area contributed by atoms with Gasteiger partial charge in [-0.1, -0.05) is 12.1 Å². The van der Waals surface area contributed by atoms with Crippen molar-refractivity contribution in [2.75, 3.05) is 31.1 Å². The summed E-state index contributed by atoms with van der Waals surface area (Å²) in [6, 6.07) is 13.4. The lowest BCUT2D eigenvalue weighted by Gasteiger charge is -2.16. The van der Waals surface area contributed by atoms with Gasteiger partial charge in [-0.15, -0.1) is 0 Å². The molecule has 0 aliphatic carbocycles. The molecule has 0 fully saturated rings. The van der Waals surface area contributed by atoms with E-state index in [1.165, 1.54) is 13.3 Å². The third kappa shape index (κ3) is 5.48. The predicted molar refractivity (Wildman–Crippen MR) is 122 cm³/mol. The fraction of sp³-hybridized carbons (Fsp3) is 0.143. The summed E-state index contributed by atoms with van der Waals surface area (Å²) in [5.41, 5.74) is 3.56. The molecule has 0 aliphatic heterocycles. The Morgan fingerprint density at radius 3 is 2.34 bits per heavy atom. The number of hydroxylamine groups is 1. The normalized spacial score (nSPS) is 11.0. The Bertz CT molecular complexity index is 1190. The smallest absolute Gasteiger partial charge is 0.341 e. The van der Waals surface area contributed by atoms with Crippen LogP contribution in [-0.2, 0) is 9.40 Å². The van der Waals surface area contributed by atoms with Crippen LogP contribution in [0.15, 0.2) is 54.7 Å². The third-order valence-electron chi connectivity index (χ3n) is 4.35. The van der Waals surface area contributed by atoms with E-state index in [9.17, 15) is 19.3 Å². The molecule has 0 atom stereocenters. The van der Waals surface area contributed by atoms with Crippen molar-refractivity contribution in [3.05, 3.63) is 65.9 Å². The first kappa shape index (κ1) is 22.9. The van der Waals surface area contributed by atoms with Crippen molar-refractivity contribution in [2.45, 2.75) is 0 Å². The van der Waals surface area contributed by atoms with Gasteiger partial charge in [0.25, 0.3) is 5.91 Å². The summed E-state index contributed by atoms with van der Waals surface area (Å²) in [7, 11) is -1.28. The molecule has 0 bridgehead atoms. The van der Waals surface area contributed by atoms with E-state index in [4.69, 9.17) is 0 Å². The Hall–Kier alpha value is -3.75. The summed E-state index contributed by atoms with van der Waals surface area (Å²) in [5, 5.41) is 16.1. The minimum Gasteiger partial charge on any atom is -0.477 e. The standard InChI is InChI=1S/C21H22N5O5P/c1-31-26-19(27)13-8-10-14(11-9-13)23-21-22-12-15(20(28)29)18(25-21)24-16-6-4-5-7-17(16)32(2,3)30/h4-12H,1-3H3,(H,26,27)(H,28,29)(H2,22,23,24,25).